The first-order chi connectivity index (χ1) is 18.5. The van der Waals surface area contributed by atoms with Gasteiger partial charge in [0.15, 0.2) is 0 Å². The molecule has 210 valence electrons. The van der Waals surface area contributed by atoms with Gasteiger partial charge in [-0.1, -0.05) is 90.2 Å². The minimum absolute atomic E-state index is 0.282. The van der Waals surface area contributed by atoms with Crippen LogP contribution in [-0.2, 0) is 12.8 Å². The average molecular weight is 521 g/mol. The van der Waals surface area contributed by atoms with Crippen LogP contribution < -0.4 is 0 Å². The third kappa shape index (κ3) is 11.8. The summed E-state index contributed by atoms with van der Waals surface area (Å²) >= 11 is 0. The van der Waals surface area contributed by atoms with Gasteiger partial charge in [0.1, 0.15) is 11.5 Å². The number of rotatable bonds is 19. The van der Waals surface area contributed by atoms with Gasteiger partial charge in [-0.3, -0.25) is 9.98 Å². The zero-order valence-electron chi connectivity index (χ0n) is 24.6. The maximum Gasteiger partial charge on any atom is 0.124 e. The molecule has 0 heterocycles. The molecule has 0 amide bonds. The van der Waals surface area contributed by atoms with Crippen LogP contribution in [0.2, 0.25) is 0 Å². The SMILES string of the molecule is CCCCCCCCc1ccc(O)c(C(C)=NCCN=C(C)c2cc(CCCCCCCC)ccc2O)c1. The molecular formula is C34H52N2O2. The zero-order chi connectivity index (χ0) is 27.6. The lowest BCUT2D eigenvalue weighted by Crippen LogP contribution is -2.03. The van der Waals surface area contributed by atoms with Crippen molar-refractivity contribution in [2.75, 3.05) is 13.1 Å². The first-order valence-corrected chi connectivity index (χ1v) is 15.1. The second-order valence-corrected chi connectivity index (χ2v) is 10.7. The molecule has 2 aromatic carbocycles. The smallest absolute Gasteiger partial charge is 0.124 e. The van der Waals surface area contributed by atoms with Crippen LogP contribution in [0.15, 0.2) is 46.4 Å². The summed E-state index contributed by atoms with van der Waals surface area (Å²) in [6.07, 6.45) is 17.5. The molecule has 4 heteroatoms. The lowest BCUT2D eigenvalue weighted by Gasteiger charge is -2.09. The van der Waals surface area contributed by atoms with Crippen LogP contribution in [0.5, 0.6) is 11.5 Å². The highest BCUT2D eigenvalue weighted by Gasteiger charge is 2.08. The predicted octanol–water partition coefficient (Wildman–Crippen LogP) is 9.22. The van der Waals surface area contributed by atoms with Crippen LogP contribution >= 0.6 is 0 Å². The van der Waals surface area contributed by atoms with E-state index in [1.54, 1.807) is 12.1 Å². The minimum atomic E-state index is 0.282. The molecule has 0 aliphatic carbocycles. The van der Waals surface area contributed by atoms with Crippen molar-refractivity contribution in [1.82, 2.24) is 0 Å². The first-order valence-electron chi connectivity index (χ1n) is 15.1. The van der Waals surface area contributed by atoms with Gasteiger partial charge >= 0.3 is 0 Å². The second kappa shape index (κ2) is 18.6. The standard InChI is InChI=1S/C34H52N2O2/c1-5-7-9-11-13-15-17-29-19-21-33(37)31(25-29)27(3)35-23-24-36-28(4)32-26-30(20-22-34(32)38)18-16-14-12-10-8-6-2/h19-22,25-26,37-38H,5-18,23-24H2,1-4H3. The van der Waals surface area contributed by atoms with E-state index in [1.165, 1.54) is 88.2 Å². The van der Waals surface area contributed by atoms with Crippen molar-refractivity contribution in [3.05, 3.63) is 58.7 Å². The van der Waals surface area contributed by atoms with Crippen LogP contribution in [0.1, 0.15) is 127 Å². The summed E-state index contributed by atoms with van der Waals surface area (Å²) in [5.41, 5.74) is 5.82. The molecular weight excluding hydrogens is 468 g/mol. The van der Waals surface area contributed by atoms with E-state index in [-0.39, 0.29) is 11.5 Å². The number of nitrogens with zero attached hydrogens (tertiary/aromatic N) is 2. The van der Waals surface area contributed by atoms with Gasteiger partial charge in [-0.05, 0) is 74.9 Å². The van der Waals surface area contributed by atoms with Gasteiger partial charge in [0, 0.05) is 22.6 Å². The van der Waals surface area contributed by atoms with Crippen molar-refractivity contribution in [3.8, 4) is 11.5 Å². The lowest BCUT2D eigenvalue weighted by molar-refractivity contribution is 0.473. The first kappa shape index (κ1) is 31.6. The monoisotopic (exact) mass is 520 g/mol. The van der Waals surface area contributed by atoms with Crippen molar-refractivity contribution >= 4 is 11.4 Å². The number of hydrogen-bond donors (Lipinski definition) is 2. The highest BCUT2D eigenvalue weighted by molar-refractivity contribution is 6.02. The number of phenolic OH excluding ortho intramolecular Hbond substituents is 2. The lowest BCUT2D eigenvalue weighted by atomic mass is 10.0. The molecule has 0 aromatic heterocycles. The Morgan fingerprint density at radius 2 is 0.921 bits per heavy atom. The van der Waals surface area contributed by atoms with Gasteiger partial charge in [0.25, 0.3) is 0 Å². The fourth-order valence-corrected chi connectivity index (χ4v) is 4.88. The van der Waals surface area contributed by atoms with E-state index in [1.807, 2.05) is 26.0 Å². The van der Waals surface area contributed by atoms with Gasteiger partial charge in [-0.25, -0.2) is 0 Å². The molecule has 2 aromatic rings. The van der Waals surface area contributed by atoms with Crippen LogP contribution in [0.25, 0.3) is 0 Å². The largest absolute Gasteiger partial charge is 0.507 e. The molecule has 2 rings (SSSR count). The number of phenols is 2. The number of aliphatic imine (C=N–C) groups is 2. The van der Waals surface area contributed by atoms with E-state index in [0.717, 1.165) is 35.4 Å². The topological polar surface area (TPSA) is 65.2 Å². The van der Waals surface area contributed by atoms with Crippen LogP contribution in [-0.4, -0.2) is 34.7 Å². The summed E-state index contributed by atoms with van der Waals surface area (Å²) in [6, 6.07) is 11.8. The number of unbranched alkanes of at least 4 members (excludes halogenated alkanes) is 10. The van der Waals surface area contributed by atoms with Gasteiger partial charge in [0.2, 0.25) is 0 Å². The highest BCUT2D eigenvalue weighted by Crippen LogP contribution is 2.23. The Morgan fingerprint density at radius 1 is 0.553 bits per heavy atom. The summed E-state index contributed by atoms with van der Waals surface area (Å²) in [5, 5.41) is 20.8. The molecule has 0 aliphatic heterocycles. The highest BCUT2D eigenvalue weighted by atomic mass is 16.3. The molecule has 0 saturated carbocycles. The molecule has 0 aliphatic rings. The van der Waals surface area contributed by atoms with Gasteiger partial charge in [-0.2, -0.15) is 0 Å². The Kier molecular flexibility index (Phi) is 15.5. The second-order valence-electron chi connectivity index (χ2n) is 10.7. The van der Waals surface area contributed by atoms with Crippen LogP contribution in [0.4, 0.5) is 0 Å². The van der Waals surface area contributed by atoms with E-state index in [2.05, 4.69) is 26.0 Å². The molecule has 4 nitrogen and oxygen atoms in total. The normalized spacial score (nSPS) is 12.3. The summed E-state index contributed by atoms with van der Waals surface area (Å²) in [7, 11) is 0. The van der Waals surface area contributed by atoms with Crippen molar-refractivity contribution in [2.45, 2.75) is 118 Å². The fourth-order valence-electron chi connectivity index (χ4n) is 4.88. The fraction of sp³-hybridized carbons (Fsp3) is 0.588. The summed E-state index contributed by atoms with van der Waals surface area (Å²) < 4.78 is 0. The quantitative estimate of drug-likeness (QED) is 0.143. The third-order valence-corrected chi connectivity index (χ3v) is 7.34. The Morgan fingerprint density at radius 3 is 1.32 bits per heavy atom. The average Bonchev–Trinajstić information content (AvgIpc) is 2.92. The maximum absolute atomic E-state index is 10.4. The third-order valence-electron chi connectivity index (χ3n) is 7.34. The number of aryl methyl sites for hydroxylation is 2. The molecule has 0 bridgehead atoms. The zero-order valence-corrected chi connectivity index (χ0v) is 24.6. The van der Waals surface area contributed by atoms with Crippen molar-refractivity contribution in [3.63, 3.8) is 0 Å². The van der Waals surface area contributed by atoms with E-state index in [9.17, 15) is 10.2 Å². The summed E-state index contributed by atoms with van der Waals surface area (Å²) in [4.78, 5) is 9.38. The molecule has 0 saturated heterocycles. The molecule has 0 atom stereocenters. The summed E-state index contributed by atoms with van der Waals surface area (Å²) in [5.74, 6) is 0.564. The van der Waals surface area contributed by atoms with Crippen LogP contribution in [0, 0.1) is 0 Å². The maximum atomic E-state index is 10.4. The van der Waals surface area contributed by atoms with E-state index in [4.69, 9.17) is 9.98 Å². The van der Waals surface area contributed by atoms with Gasteiger partial charge in [0.05, 0.1) is 13.1 Å². The Balaban J connectivity index is 1.88. The van der Waals surface area contributed by atoms with E-state index < -0.39 is 0 Å². The van der Waals surface area contributed by atoms with E-state index >= 15 is 0 Å². The Hall–Kier alpha value is -2.62. The van der Waals surface area contributed by atoms with Crippen molar-refractivity contribution in [1.29, 1.82) is 0 Å². The Bertz CT molecular complexity index is 928. The van der Waals surface area contributed by atoms with Crippen molar-refractivity contribution in [2.24, 2.45) is 9.98 Å². The molecule has 38 heavy (non-hydrogen) atoms. The number of aromatic hydroxyl groups is 2. The number of benzene rings is 2. The van der Waals surface area contributed by atoms with Gasteiger partial charge < -0.3 is 10.2 Å². The van der Waals surface area contributed by atoms with Crippen LogP contribution in [0.3, 0.4) is 0 Å². The van der Waals surface area contributed by atoms with E-state index in [0.29, 0.717) is 13.1 Å². The number of hydrogen-bond acceptors (Lipinski definition) is 4. The molecule has 0 radical (unpaired) electrons. The van der Waals surface area contributed by atoms with Gasteiger partial charge in [-0.15, -0.1) is 0 Å². The molecule has 0 unspecified atom stereocenters. The minimum Gasteiger partial charge on any atom is -0.507 e. The molecule has 0 fully saturated rings. The molecule has 0 spiro atoms. The molecule has 2 N–H and O–H groups in total. The van der Waals surface area contributed by atoms with Crippen molar-refractivity contribution < 1.29 is 10.2 Å². The predicted molar refractivity (Wildman–Crippen MR) is 165 cm³/mol. The Labute approximate surface area is 232 Å². The summed E-state index contributed by atoms with van der Waals surface area (Å²) in [6.45, 7) is 9.49.